The molecule has 2 heterocycles. The lowest BCUT2D eigenvalue weighted by atomic mass is 9.87. The summed E-state index contributed by atoms with van der Waals surface area (Å²) in [7, 11) is 1.17. The fraction of sp³-hybridized carbons (Fsp3) is 0.500. The van der Waals surface area contributed by atoms with Gasteiger partial charge in [-0.2, -0.15) is 13.2 Å². The van der Waals surface area contributed by atoms with Gasteiger partial charge in [0.05, 0.1) is 25.2 Å². The number of hydrogen-bond donors (Lipinski definition) is 1. The van der Waals surface area contributed by atoms with Crippen LogP contribution in [-0.4, -0.2) is 73.8 Å². The first-order valence-corrected chi connectivity index (χ1v) is 12.8. The summed E-state index contributed by atoms with van der Waals surface area (Å²) in [6, 6.07) is 8.07. The highest BCUT2D eigenvalue weighted by molar-refractivity contribution is 6.32. The zero-order chi connectivity index (χ0) is 27.5. The molecule has 1 fully saturated rings. The molecule has 0 unspecified atom stereocenters. The fourth-order valence-electron chi connectivity index (χ4n) is 4.67. The van der Waals surface area contributed by atoms with Crippen LogP contribution in [0.4, 0.5) is 13.2 Å². The van der Waals surface area contributed by atoms with E-state index in [1.165, 1.54) is 19.2 Å². The zero-order valence-electron chi connectivity index (χ0n) is 20.7. The molecular weight excluding hydrogens is 550 g/mol. The lowest BCUT2D eigenvalue weighted by molar-refractivity contribution is -0.139. The van der Waals surface area contributed by atoms with Crippen LogP contribution in [0.3, 0.4) is 0 Å². The van der Waals surface area contributed by atoms with Gasteiger partial charge in [0.1, 0.15) is 41.1 Å². The number of carbonyl (C=O) groups excluding carboxylic acids is 1. The highest BCUT2D eigenvalue weighted by Crippen LogP contribution is 2.42. The van der Waals surface area contributed by atoms with Crippen molar-refractivity contribution >= 4 is 29.2 Å². The predicted molar refractivity (Wildman–Crippen MR) is 135 cm³/mol. The molecule has 1 saturated heterocycles. The number of benzene rings is 2. The summed E-state index contributed by atoms with van der Waals surface area (Å²) in [5.74, 6) is 0.0183. The van der Waals surface area contributed by atoms with Crippen LogP contribution in [0.1, 0.15) is 35.2 Å². The predicted octanol–water partition coefficient (Wildman–Crippen LogP) is 5.32. The third-order valence-electron chi connectivity index (χ3n) is 6.61. The number of halogens is 5. The van der Waals surface area contributed by atoms with Gasteiger partial charge in [-0.1, -0.05) is 23.2 Å². The van der Waals surface area contributed by atoms with E-state index in [4.69, 9.17) is 42.1 Å². The quantitative estimate of drug-likeness (QED) is 0.404. The second-order valence-corrected chi connectivity index (χ2v) is 10.3. The number of carbonyl (C=O) groups is 1. The van der Waals surface area contributed by atoms with Gasteiger partial charge in [0.25, 0.3) is 0 Å². The van der Waals surface area contributed by atoms with Gasteiger partial charge >= 0.3 is 12.1 Å². The van der Waals surface area contributed by atoms with Crippen LogP contribution in [0.25, 0.3) is 0 Å². The molecule has 1 N–H and O–H groups in total. The molecule has 1 spiro atoms. The molecule has 0 amide bonds. The Bertz CT molecular complexity index is 1150. The minimum Gasteiger partial charge on any atom is -0.492 e. The number of methoxy groups -OCH3 is 1. The molecule has 0 aromatic heterocycles. The van der Waals surface area contributed by atoms with Gasteiger partial charge in [0, 0.05) is 50.0 Å². The number of ether oxygens (including phenoxy) is 4. The van der Waals surface area contributed by atoms with E-state index in [0.29, 0.717) is 24.7 Å². The maximum atomic E-state index is 12.5. The van der Waals surface area contributed by atoms with Crippen molar-refractivity contribution in [3.8, 4) is 17.2 Å². The number of aliphatic hydroxyl groups excluding tert-OH is 1. The van der Waals surface area contributed by atoms with Gasteiger partial charge in [-0.25, -0.2) is 4.79 Å². The van der Waals surface area contributed by atoms with E-state index in [1.807, 2.05) is 18.2 Å². The van der Waals surface area contributed by atoms with Gasteiger partial charge in [0.2, 0.25) is 0 Å². The molecule has 0 saturated carbocycles. The second-order valence-electron chi connectivity index (χ2n) is 9.46. The Morgan fingerprint density at radius 3 is 2.58 bits per heavy atom. The van der Waals surface area contributed by atoms with E-state index in [-0.39, 0.29) is 34.3 Å². The lowest BCUT2D eigenvalue weighted by Gasteiger charge is -2.39. The minimum atomic E-state index is -4.39. The molecule has 4 rings (SSSR count). The van der Waals surface area contributed by atoms with Crippen molar-refractivity contribution in [2.45, 2.75) is 43.6 Å². The minimum absolute atomic E-state index is 0.0179. The van der Waals surface area contributed by atoms with Crippen LogP contribution in [0, 0.1) is 0 Å². The van der Waals surface area contributed by atoms with Gasteiger partial charge < -0.3 is 29.0 Å². The molecule has 0 bridgehead atoms. The van der Waals surface area contributed by atoms with Crippen LogP contribution >= 0.6 is 23.2 Å². The number of rotatable bonds is 9. The summed E-state index contributed by atoms with van der Waals surface area (Å²) in [4.78, 5) is 14.3. The number of aliphatic hydroxyl groups is 1. The van der Waals surface area contributed by atoms with Crippen LogP contribution in [0.15, 0.2) is 30.3 Å². The molecule has 0 radical (unpaired) electrons. The summed E-state index contributed by atoms with van der Waals surface area (Å²) in [5.41, 5.74) is 0.794. The first-order chi connectivity index (χ1) is 18.0. The Kier molecular flexibility index (Phi) is 8.86. The number of esters is 1. The number of fused-ring (bicyclic) bond motifs is 1. The molecule has 1 atom stereocenters. The van der Waals surface area contributed by atoms with E-state index in [0.717, 1.165) is 30.6 Å². The number of nitrogens with zero attached hydrogens (tertiary/aromatic N) is 1. The molecule has 2 aliphatic heterocycles. The van der Waals surface area contributed by atoms with Gasteiger partial charge in [-0.3, -0.25) is 0 Å². The third-order valence-corrected chi connectivity index (χ3v) is 7.14. The highest BCUT2D eigenvalue weighted by Gasteiger charge is 2.42. The molecule has 208 valence electrons. The van der Waals surface area contributed by atoms with E-state index in [9.17, 15) is 23.1 Å². The molecular formula is C26H28Cl2F3NO6. The summed E-state index contributed by atoms with van der Waals surface area (Å²) in [6.07, 6.45) is -4.09. The Hall–Kier alpha value is -2.40. The van der Waals surface area contributed by atoms with Crippen molar-refractivity contribution in [3.63, 3.8) is 0 Å². The maximum absolute atomic E-state index is 12.5. The first kappa shape index (κ1) is 28.6. The van der Waals surface area contributed by atoms with Crippen molar-refractivity contribution in [3.05, 3.63) is 51.5 Å². The molecule has 38 heavy (non-hydrogen) atoms. The summed E-state index contributed by atoms with van der Waals surface area (Å²) >= 11 is 12.2. The largest absolute Gasteiger partial charge is 0.492 e. The number of alkyl halides is 3. The van der Waals surface area contributed by atoms with Crippen LogP contribution < -0.4 is 14.2 Å². The van der Waals surface area contributed by atoms with Crippen LogP contribution in [-0.2, 0) is 11.2 Å². The monoisotopic (exact) mass is 577 g/mol. The molecule has 2 aromatic carbocycles. The Morgan fingerprint density at radius 1 is 1.16 bits per heavy atom. The zero-order valence-corrected chi connectivity index (χ0v) is 22.2. The number of hydrogen-bond acceptors (Lipinski definition) is 7. The Labute approximate surface area is 228 Å². The standard InChI is InChI=1S/C26H28Cl2F3NO6/c1-35-24(34)19-11-20(28)23(36-9-6-26(29,30)31)12-22(19)37-15-18(33)14-32-7-4-25(5-8-32)13-16-10-17(27)2-3-21(16)38-25/h2-3,10-12,18,33H,4-9,13-15H2,1H3/t18-/m1/s1. The van der Waals surface area contributed by atoms with E-state index in [2.05, 4.69) is 4.90 Å². The highest BCUT2D eigenvalue weighted by atomic mass is 35.5. The Balaban J connectivity index is 1.32. The van der Waals surface area contributed by atoms with Gasteiger partial charge in [-0.15, -0.1) is 0 Å². The van der Waals surface area contributed by atoms with Gasteiger partial charge in [-0.05, 0) is 29.8 Å². The Morgan fingerprint density at radius 2 is 1.89 bits per heavy atom. The lowest BCUT2D eigenvalue weighted by Crippen LogP contribution is -2.49. The number of likely N-dealkylation sites (tertiary alicyclic amines) is 1. The fourth-order valence-corrected chi connectivity index (χ4v) is 5.08. The average Bonchev–Trinajstić information content (AvgIpc) is 3.21. The van der Waals surface area contributed by atoms with Crippen LogP contribution in [0.5, 0.6) is 17.2 Å². The van der Waals surface area contributed by atoms with E-state index in [1.54, 1.807) is 0 Å². The van der Waals surface area contributed by atoms with Crippen molar-refractivity contribution in [2.24, 2.45) is 0 Å². The number of β-amino-alcohol motifs (C(OH)–C–C–N with tert-alkyl or cyclic N) is 1. The van der Waals surface area contributed by atoms with E-state index >= 15 is 0 Å². The average molecular weight is 578 g/mol. The summed E-state index contributed by atoms with van der Waals surface area (Å²) in [5, 5.41) is 11.2. The van der Waals surface area contributed by atoms with Crippen molar-refractivity contribution in [1.82, 2.24) is 4.90 Å². The molecule has 7 nitrogen and oxygen atoms in total. The van der Waals surface area contributed by atoms with E-state index < -0.39 is 31.3 Å². The number of piperidine rings is 1. The smallest absolute Gasteiger partial charge is 0.392 e. The molecule has 12 heteroatoms. The molecule has 0 aliphatic carbocycles. The van der Waals surface area contributed by atoms with Crippen molar-refractivity contribution < 1.29 is 42.0 Å². The van der Waals surface area contributed by atoms with Gasteiger partial charge in [0.15, 0.2) is 0 Å². The van der Waals surface area contributed by atoms with Crippen molar-refractivity contribution in [1.29, 1.82) is 0 Å². The normalized spacial score (nSPS) is 17.6. The third kappa shape index (κ3) is 7.16. The van der Waals surface area contributed by atoms with Crippen LogP contribution in [0.2, 0.25) is 10.0 Å². The molecule has 2 aliphatic rings. The summed E-state index contributed by atoms with van der Waals surface area (Å²) < 4.78 is 59.3. The maximum Gasteiger partial charge on any atom is 0.392 e. The SMILES string of the molecule is COC(=O)c1cc(Cl)c(OCCC(F)(F)F)cc1OC[C@H](O)CN1CCC2(CC1)Cc1cc(Cl)ccc1O2. The first-order valence-electron chi connectivity index (χ1n) is 12.1. The molecule has 2 aromatic rings. The van der Waals surface area contributed by atoms with Crippen molar-refractivity contribution in [2.75, 3.05) is 40.0 Å². The summed E-state index contributed by atoms with van der Waals surface area (Å²) in [6.45, 7) is 0.927. The topological polar surface area (TPSA) is 77.5 Å². The second kappa shape index (κ2) is 11.8.